The van der Waals surface area contributed by atoms with E-state index in [9.17, 15) is 8.42 Å². The molecule has 1 aliphatic heterocycles. The molecule has 0 saturated carbocycles. The summed E-state index contributed by atoms with van der Waals surface area (Å²) in [4.78, 5) is 0. The molecule has 88 valence electrons. The van der Waals surface area contributed by atoms with E-state index >= 15 is 0 Å². The fourth-order valence-electron chi connectivity index (χ4n) is 0.966. The van der Waals surface area contributed by atoms with Gasteiger partial charge in [-0.3, -0.25) is 4.28 Å². The standard InChI is InChI=1S/C7H12ClNO5S/c1-7(2)12-4-5(13-7)6(8)9-14-15(3,10)11/h5H,4H2,1-3H3/t5-/m1/s1. The van der Waals surface area contributed by atoms with Crippen LogP contribution in [0, 0.1) is 0 Å². The molecule has 1 saturated heterocycles. The summed E-state index contributed by atoms with van der Waals surface area (Å²) < 4.78 is 35.9. The van der Waals surface area contributed by atoms with Gasteiger partial charge in [-0.2, -0.15) is 8.42 Å². The number of ether oxygens (including phenoxy) is 2. The Hall–Kier alpha value is -0.370. The van der Waals surface area contributed by atoms with Gasteiger partial charge in [-0.1, -0.05) is 16.8 Å². The summed E-state index contributed by atoms with van der Waals surface area (Å²) in [5.74, 6) is -0.745. The second kappa shape index (κ2) is 4.25. The molecule has 1 fully saturated rings. The van der Waals surface area contributed by atoms with E-state index in [2.05, 4.69) is 9.44 Å². The first-order valence-electron chi connectivity index (χ1n) is 4.13. The molecule has 0 bridgehead atoms. The van der Waals surface area contributed by atoms with E-state index in [1.807, 2.05) is 0 Å². The number of rotatable bonds is 3. The molecule has 6 nitrogen and oxygen atoms in total. The molecule has 0 amide bonds. The Kier molecular flexibility index (Phi) is 3.59. The smallest absolute Gasteiger partial charge is 0.325 e. The molecule has 0 radical (unpaired) electrons. The normalized spacial score (nSPS) is 26.7. The van der Waals surface area contributed by atoms with Crippen molar-refractivity contribution in [1.82, 2.24) is 0 Å². The highest BCUT2D eigenvalue weighted by atomic mass is 35.5. The molecule has 1 aliphatic rings. The Labute approximate surface area is 93.3 Å². The number of oxime groups is 1. The van der Waals surface area contributed by atoms with Crippen molar-refractivity contribution in [2.75, 3.05) is 12.9 Å². The Morgan fingerprint density at radius 2 is 2.20 bits per heavy atom. The van der Waals surface area contributed by atoms with Crippen LogP contribution in [0.3, 0.4) is 0 Å². The first kappa shape index (κ1) is 12.7. The van der Waals surface area contributed by atoms with Crippen LogP contribution in [0.2, 0.25) is 0 Å². The molecule has 0 aliphatic carbocycles. The predicted molar refractivity (Wildman–Crippen MR) is 54.1 cm³/mol. The molecule has 15 heavy (non-hydrogen) atoms. The first-order chi connectivity index (χ1) is 6.70. The monoisotopic (exact) mass is 257 g/mol. The van der Waals surface area contributed by atoms with Crippen molar-refractivity contribution in [3.05, 3.63) is 0 Å². The average Bonchev–Trinajstić information content (AvgIpc) is 2.40. The van der Waals surface area contributed by atoms with Gasteiger partial charge in [0.25, 0.3) is 0 Å². The van der Waals surface area contributed by atoms with Crippen LogP contribution in [0.4, 0.5) is 0 Å². The summed E-state index contributed by atoms with van der Waals surface area (Å²) in [6.45, 7) is 3.64. The van der Waals surface area contributed by atoms with E-state index in [1.165, 1.54) is 0 Å². The second-order valence-corrected chi connectivity index (χ2v) is 5.45. The van der Waals surface area contributed by atoms with Crippen molar-refractivity contribution in [2.24, 2.45) is 5.16 Å². The van der Waals surface area contributed by atoms with Gasteiger partial charge < -0.3 is 9.47 Å². The maximum absolute atomic E-state index is 10.6. The molecule has 0 aromatic carbocycles. The SMILES string of the molecule is CC1(C)OC[C@H](C(Cl)=NOS(C)(=O)=O)O1. The van der Waals surface area contributed by atoms with Gasteiger partial charge in [0.1, 0.15) is 6.10 Å². The minimum atomic E-state index is -3.65. The van der Waals surface area contributed by atoms with Gasteiger partial charge >= 0.3 is 10.1 Å². The molecule has 8 heteroatoms. The Bertz CT molecular complexity index is 364. The van der Waals surface area contributed by atoms with Gasteiger partial charge in [0.15, 0.2) is 11.0 Å². The average molecular weight is 258 g/mol. The third-order valence-electron chi connectivity index (χ3n) is 1.53. The van der Waals surface area contributed by atoms with Gasteiger partial charge in [0.05, 0.1) is 12.9 Å². The summed E-state index contributed by atoms with van der Waals surface area (Å²) in [6.07, 6.45) is 0.278. The topological polar surface area (TPSA) is 74.2 Å². The van der Waals surface area contributed by atoms with Crippen molar-refractivity contribution in [3.63, 3.8) is 0 Å². The van der Waals surface area contributed by atoms with Crippen LogP contribution in [0.15, 0.2) is 5.16 Å². The largest absolute Gasteiger partial charge is 0.347 e. The van der Waals surface area contributed by atoms with Crippen molar-refractivity contribution in [3.8, 4) is 0 Å². The Morgan fingerprint density at radius 1 is 1.60 bits per heavy atom. The summed E-state index contributed by atoms with van der Waals surface area (Å²) >= 11 is 5.68. The van der Waals surface area contributed by atoms with Crippen LogP contribution in [0.1, 0.15) is 13.8 Å². The van der Waals surface area contributed by atoms with E-state index in [-0.39, 0.29) is 11.8 Å². The fraction of sp³-hybridized carbons (Fsp3) is 0.857. The Morgan fingerprint density at radius 3 is 2.60 bits per heavy atom. The zero-order chi connectivity index (χ0) is 11.7. The van der Waals surface area contributed by atoms with Gasteiger partial charge in [-0.05, 0) is 13.8 Å². The molecule has 0 aromatic rings. The third kappa shape index (κ3) is 4.33. The Balaban J connectivity index is 2.59. The molecular formula is C7H12ClNO5S. The molecule has 0 aromatic heterocycles. The van der Waals surface area contributed by atoms with E-state index in [0.717, 1.165) is 6.26 Å². The molecule has 0 spiro atoms. The zero-order valence-corrected chi connectivity index (χ0v) is 10.1. The van der Waals surface area contributed by atoms with Gasteiger partial charge in [-0.15, -0.1) is 0 Å². The lowest BCUT2D eigenvalue weighted by Gasteiger charge is -2.15. The van der Waals surface area contributed by atoms with Crippen LogP contribution >= 0.6 is 11.6 Å². The molecule has 1 atom stereocenters. The van der Waals surface area contributed by atoms with Crippen LogP contribution in [-0.4, -0.2) is 38.3 Å². The highest BCUT2D eigenvalue weighted by Gasteiger charge is 2.35. The summed E-state index contributed by atoms with van der Waals surface area (Å²) in [6, 6.07) is 0. The first-order valence-corrected chi connectivity index (χ1v) is 6.33. The third-order valence-corrected chi connectivity index (χ3v) is 2.19. The fourth-order valence-corrected chi connectivity index (χ4v) is 1.37. The van der Waals surface area contributed by atoms with E-state index in [1.54, 1.807) is 13.8 Å². The maximum atomic E-state index is 10.6. The van der Waals surface area contributed by atoms with Gasteiger partial charge in [0.2, 0.25) is 0 Å². The molecular weight excluding hydrogens is 246 g/mol. The minimum Gasteiger partial charge on any atom is -0.347 e. The molecule has 1 heterocycles. The summed E-state index contributed by atoms with van der Waals surface area (Å²) in [5, 5.41) is 3.14. The lowest BCUT2D eigenvalue weighted by molar-refractivity contribution is -0.131. The van der Waals surface area contributed by atoms with E-state index in [4.69, 9.17) is 21.1 Å². The number of halogens is 1. The molecule has 1 rings (SSSR count). The lowest BCUT2D eigenvalue weighted by Crippen LogP contribution is -2.24. The minimum absolute atomic E-state index is 0.0917. The van der Waals surface area contributed by atoms with Crippen molar-refractivity contribution in [1.29, 1.82) is 0 Å². The van der Waals surface area contributed by atoms with Crippen LogP contribution in [-0.2, 0) is 23.9 Å². The van der Waals surface area contributed by atoms with Crippen LogP contribution in [0.5, 0.6) is 0 Å². The predicted octanol–water partition coefficient (Wildman–Crippen LogP) is 0.666. The molecule has 0 unspecified atom stereocenters. The highest BCUT2D eigenvalue weighted by Crippen LogP contribution is 2.24. The zero-order valence-electron chi connectivity index (χ0n) is 8.56. The summed E-state index contributed by atoms with van der Waals surface area (Å²) in [7, 11) is -3.65. The van der Waals surface area contributed by atoms with Crippen LogP contribution < -0.4 is 0 Å². The highest BCUT2D eigenvalue weighted by molar-refractivity contribution is 7.85. The number of hydrogen-bond acceptors (Lipinski definition) is 6. The summed E-state index contributed by atoms with van der Waals surface area (Å²) in [5.41, 5.74) is 0. The van der Waals surface area contributed by atoms with Crippen LogP contribution in [0.25, 0.3) is 0 Å². The van der Waals surface area contributed by atoms with Gasteiger partial charge in [-0.25, -0.2) is 0 Å². The van der Waals surface area contributed by atoms with Gasteiger partial charge in [0, 0.05) is 0 Å². The van der Waals surface area contributed by atoms with Crippen molar-refractivity contribution < 1.29 is 22.2 Å². The number of hydrogen-bond donors (Lipinski definition) is 0. The van der Waals surface area contributed by atoms with E-state index in [0.29, 0.717) is 0 Å². The molecule has 0 N–H and O–H groups in total. The quantitative estimate of drug-likeness (QED) is 0.549. The van der Waals surface area contributed by atoms with E-state index < -0.39 is 22.0 Å². The maximum Gasteiger partial charge on any atom is 0.325 e. The lowest BCUT2D eigenvalue weighted by atomic mass is 10.4. The number of nitrogens with zero attached hydrogens (tertiary/aromatic N) is 1. The van der Waals surface area contributed by atoms with Crippen molar-refractivity contribution in [2.45, 2.75) is 25.7 Å². The van der Waals surface area contributed by atoms with Crippen molar-refractivity contribution >= 4 is 26.9 Å². The second-order valence-electron chi connectivity index (χ2n) is 3.51.